The fraction of sp³-hybridized carbons (Fsp3) is 0.211. The van der Waals surface area contributed by atoms with Crippen molar-refractivity contribution in [2.75, 3.05) is 25.0 Å². The van der Waals surface area contributed by atoms with Crippen molar-refractivity contribution in [3.8, 4) is 0 Å². The zero-order valence-corrected chi connectivity index (χ0v) is 14.6. The van der Waals surface area contributed by atoms with Gasteiger partial charge < -0.3 is 5.32 Å². The van der Waals surface area contributed by atoms with E-state index in [4.69, 9.17) is 23.2 Å². The molecule has 0 fully saturated rings. The number of halogens is 2. The minimum absolute atomic E-state index is 0.0733. The molecule has 0 aromatic heterocycles. The molecule has 1 aliphatic heterocycles. The van der Waals surface area contributed by atoms with Crippen LogP contribution in [0.15, 0.2) is 54.6 Å². The first kappa shape index (κ1) is 17.0. The van der Waals surface area contributed by atoms with E-state index in [9.17, 15) is 4.79 Å². The molecule has 0 atom stereocenters. The van der Waals surface area contributed by atoms with Gasteiger partial charge in [-0.3, -0.25) is 9.69 Å². The minimum atomic E-state index is -0.0733. The van der Waals surface area contributed by atoms with Crippen LogP contribution in [-0.2, 0) is 4.79 Å². The zero-order valence-electron chi connectivity index (χ0n) is 13.1. The van der Waals surface area contributed by atoms with Crippen molar-refractivity contribution < 1.29 is 4.79 Å². The molecule has 0 spiro atoms. The van der Waals surface area contributed by atoms with Crippen molar-refractivity contribution >= 4 is 40.4 Å². The normalized spacial score (nSPS) is 15.0. The third-order valence-electron chi connectivity index (χ3n) is 4.01. The lowest BCUT2D eigenvalue weighted by Crippen LogP contribution is -2.36. The van der Waals surface area contributed by atoms with Crippen molar-refractivity contribution in [3.05, 3.63) is 70.2 Å². The molecule has 124 valence electrons. The summed E-state index contributed by atoms with van der Waals surface area (Å²) in [6.45, 7) is 1.98. The van der Waals surface area contributed by atoms with Gasteiger partial charge in [0.15, 0.2) is 0 Å². The highest BCUT2D eigenvalue weighted by molar-refractivity contribution is 6.36. The second-order valence-electron chi connectivity index (χ2n) is 5.75. The Labute approximate surface area is 151 Å². The first-order valence-electron chi connectivity index (χ1n) is 7.83. The number of amides is 1. The van der Waals surface area contributed by atoms with E-state index in [-0.39, 0.29) is 5.91 Å². The van der Waals surface area contributed by atoms with Crippen LogP contribution >= 0.6 is 23.2 Å². The number of carbonyl (C=O) groups is 1. The molecule has 0 saturated carbocycles. The number of anilines is 1. The van der Waals surface area contributed by atoms with E-state index in [1.54, 1.807) is 18.2 Å². The summed E-state index contributed by atoms with van der Waals surface area (Å²) in [5, 5.41) is 3.83. The summed E-state index contributed by atoms with van der Waals surface area (Å²) in [5.74, 6) is -0.0733. The van der Waals surface area contributed by atoms with E-state index in [1.165, 1.54) is 11.1 Å². The molecule has 1 aliphatic rings. The van der Waals surface area contributed by atoms with Crippen LogP contribution in [0.4, 0.5) is 5.69 Å². The number of nitrogens with zero attached hydrogens (tertiary/aromatic N) is 1. The summed E-state index contributed by atoms with van der Waals surface area (Å²) in [6, 6.07) is 15.4. The van der Waals surface area contributed by atoms with Gasteiger partial charge in [-0.1, -0.05) is 59.6 Å². The summed E-state index contributed by atoms with van der Waals surface area (Å²) in [4.78, 5) is 14.3. The van der Waals surface area contributed by atoms with Crippen molar-refractivity contribution in [2.24, 2.45) is 0 Å². The fourth-order valence-electron chi connectivity index (χ4n) is 2.75. The Hall–Kier alpha value is -1.81. The lowest BCUT2D eigenvalue weighted by atomic mass is 10.00. The first-order valence-corrected chi connectivity index (χ1v) is 8.59. The quantitative estimate of drug-likeness (QED) is 0.855. The molecule has 0 unspecified atom stereocenters. The van der Waals surface area contributed by atoms with E-state index in [2.05, 4.69) is 28.4 Å². The summed E-state index contributed by atoms with van der Waals surface area (Å²) in [5.41, 5.74) is 3.19. The number of hydrogen-bond donors (Lipinski definition) is 1. The topological polar surface area (TPSA) is 32.3 Å². The van der Waals surface area contributed by atoms with Gasteiger partial charge in [-0.15, -0.1) is 0 Å². The number of benzene rings is 2. The summed E-state index contributed by atoms with van der Waals surface area (Å²) >= 11 is 11.9. The number of nitrogens with one attached hydrogen (secondary N) is 1. The van der Waals surface area contributed by atoms with Crippen molar-refractivity contribution in [3.63, 3.8) is 0 Å². The van der Waals surface area contributed by atoms with Crippen LogP contribution in [0.5, 0.6) is 0 Å². The molecule has 24 heavy (non-hydrogen) atoms. The predicted molar refractivity (Wildman–Crippen MR) is 101 cm³/mol. The number of hydrogen-bond acceptors (Lipinski definition) is 2. The maximum atomic E-state index is 12.2. The van der Waals surface area contributed by atoms with E-state index in [0.717, 1.165) is 19.5 Å². The van der Waals surface area contributed by atoms with Crippen LogP contribution < -0.4 is 5.32 Å². The molecule has 0 aliphatic carbocycles. The van der Waals surface area contributed by atoms with Gasteiger partial charge >= 0.3 is 0 Å². The van der Waals surface area contributed by atoms with Crippen LogP contribution in [0.1, 0.15) is 12.0 Å². The van der Waals surface area contributed by atoms with Crippen LogP contribution in [0, 0.1) is 0 Å². The Morgan fingerprint density at radius 2 is 1.92 bits per heavy atom. The molecule has 3 rings (SSSR count). The SMILES string of the molecule is O=C(CN1CC=C(c2ccccc2)CC1)Nc1ccc(Cl)cc1Cl. The van der Waals surface area contributed by atoms with Gasteiger partial charge in [0.05, 0.1) is 17.3 Å². The van der Waals surface area contributed by atoms with Crippen LogP contribution in [-0.4, -0.2) is 30.4 Å². The Balaban J connectivity index is 1.56. The van der Waals surface area contributed by atoms with Crippen molar-refractivity contribution in [2.45, 2.75) is 6.42 Å². The predicted octanol–water partition coefficient (Wildman–Crippen LogP) is 4.72. The molecule has 0 bridgehead atoms. The molecule has 2 aromatic rings. The van der Waals surface area contributed by atoms with Gasteiger partial charge in [0.1, 0.15) is 0 Å². The van der Waals surface area contributed by atoms with Gasteiger partial charge in [-0.05, 0) is 35.8 Å². The smallest absolute Gasteiger partial charge is 0.238 e. The highest BCUT2D eigenvalue weighted by Crippen LogP contribution is 2.25. The zero-order chi connectivity index (χ0) is 16.9. The van der Waals surface area contributed by atoms with Crippen LogP contribution in [0.25, 0.3) is 5.57 Å². The second-order valence-corrected chi connectivity index (χ2v) is 6.60. The Bertz CT molecular complexity index is 759. The fourth-order valence-corrected chi connectivity index (χ4v) is 3.21. The number of rotatable bonds is 4. The van der Waals surface area contributed by atoms with Gasteiger partial charge in [0, 0.05) is 18.1 Å². The van der Waals surface area contributed by atoms with E-state index < -0.39 is 0 Å². The van der Waals surface area contributed by atoms with E-state index in [1.807, 2.05) is 18.2 Å². The van der Waals surface area contributed by atoms with E-state index in [0.29, 0.717) is 22.3 Å². The van der Waals surface area contributed by atoms with Gasteiger partial charge in [0.25, 0.3) is 0 Å². The van der Waals surface area contributed by atoms with Crippen molar-refractivity contribution in [1.29, 1.82) is 0 Å². The molecular weight excluding hydrogens is 343 g/mol. The first-order chi connectivity index (χ1) is 11.6. The molecular formula is C19H18Cl2N2O. The highest BCUT2D eigenvalue weighted by Gasteiger charge is 2.16. The molecule has 3 nitrogen and oxygen atoms in total. The van der Waals surface area contributed by atoms with Gasteiger partial charge in [-0.2, -0.15) is 0 Å². The maximum Gasteiger partial charge on any atom is 0.238 e. The third kappa shape index (κ3) is 4.38. The lowest BCUT2D eigenvalue weighted by Gasteiger charge is -2.26. The van der Waals surface area contributed by atoms with Gasteiger partial charge in [0.2, 0.25) is 5.91 Å². The van der Waals surface area contributed by atoms with Gasteiger partial charge in [-0.25, -0.2) is 0 Å². The molecule has 0 radical (unpaired) electrons. The lowest BCUT2D eigenvalue weighted by molar-refractivity contribution is -0.117. The van der Waals surface area contributed by atoms with E-state index >= 15 is 0 Å². The average molecular weight is 361 g/mol. The molecule has 1 heterocycles. The summed E-state index contributed by atoms with van der Waals surface area (Å²) in [7, 11) is 0. The second kappa shape index (κ2) is 7.84. The Morgan fingerprint density at radius 3 is 2.58 bits per heavy atom. The Morgan fingerprint density at radius 1 is 1.12 bits per heavy atom. The molecule has 2 aromatic carbocycles. The van der Waals surface area contributed by atoms with Crippen molar-refractivity contribution in [1.82, 2.24) is 4.90 Å². The molecule has 1 N–H and O–H groups in total. The van der Waals surface area contributed by atoms with Crippen LogP contribution in [0.3, 0.4) is 0 Å². The molecule has 5 heteroatoms. The Kier molecular flexibility index (Phi) is 5.56. The maximum absolute atomic E-state index is 12.2. The third-order valence-corrected chi connectivity index (χ3v) is 4.56. The minimum Gasteiger partial charge on any atom is -0.324 e. The standard InChI is InChI=1S/C19H18Cl2N2O/c20-16-6-7-18(17(21)12-16)22-19(24)13-23-10-8-15(9-11-23)14-4-2-1-3-5-14/h1-8,12H,9-11,13H2,(H,22,24). The molecule has 1 amide bonds. The summed E-state index contributed by atoms with van der Waals surface area (Å²) in [6.07, 6.45) is 3.14. The summed E-state index contributed by atoms with van der Waals surface area (Å²) < 4.78 is 0. The monoisotopic (exact) mass is 360 g/mol. The largest absolute Gasteiger partial charge is 0.324 e. The molecule has 0 saturated heterocycles. The average Bonchev–Trinajstić information content (AvgIpc) is 2.59. The number of carbonyl (C=O) groups excluding carboxylic acids is 1. The van der Waals surface area contributed by atoms with Crippen LogP contribution in [0.2, 0.25) is 10.0 Å². The highest BCUT2D eigenvalue weighted by atomic mass is 35.5.